The van der Waals surface area contributed by atoms with E-state index in [1.54, 1.807) is 0 Å². The van der Waals surface area contributed by atoms with E-state index in [9.17, 15) is 0 Å². The number of hydrogen-bond donors (Lipinski definition) is 0. The largest absolute Gasteiger partial charge is 0.494 e. The minimum Gasteiger partial charge on any atom is -0.494 e. The van der Waals surface area contributed by atoms with Crippen LogP contribution in [0.3, 0.4) is 0 Å². The highest BCUT2D eigenvalue weighted by Crippen LogP contribution is 2.39. The van der Waals surface area contributed by atoms with E-state index in [-0.39, 0.29) is 0 Å². The Balaban J connectivity index is 1.77. The van der Waals surface area contributed by atoms with Gasteiger partial charge in [0.05, 0.1) is 13.2 Å². The summed E-state index contributed by atoms with van der Waals surface area (Å²) in [5, 5.41) is 2.16. The van der Waals surface area contributed by atoms with Crippen LogP contribution >= 0.6 is 0 Å². The van der Waals surface area contributed by atoms with Crippen LogP contribution in [0.15, 0.2) is 60.7 Å². The van der Waals surface area contributed by atoms with E-state index in [1.165, 1.54) is 38.5 Å². The summed E-state index contributed by atoms with van der Waals surface area (Å²) in [6.45, 7) is 5.91. The molecule has 0 unspecified atom stereocenters. The zero-order valence-electron chi connectivity index (χ0n) is 19.1. The van der Waals surface area contributed by atoms with Crippen molar-refractivity contribution in [3.05, 3.63) is 60.7 Å². The zero-order chi connectivity index (χ0) is 21.7. The lowest BCUT2D eigenvalue weighted by molar-refractivity contribution is 0.295. The molecule has 0 atom stereocenters. The van der Waals surface area contributed by atoms with E-state index >= 15 is 0 Å². The summed E-state index contributed by atoms with van der Waals surface area (Å²) in [6, 6.07) is 20.2. The highest BCUT2D eigenvalue weighted by Gasteiger charge is 2.13. The number of unbranched alkanes of at least 4 members (excludes halogenated alkanes) is 6. The van der Waals surface area contributed by atoms with Gasteiger partial charge in [-0.1, -0.05) is 76.6 Å². The summed E-state index contributed by atoms with van der Waals surface area (Å²) < 4.78 is 18.4. The van der Waals surface area contributed by atoms with Gasteiger partial charge in [-0.25, -0.2) is 0 Å². The highest BCUT2D eigenvalue weighted by molar-refractivity contribution is 5.92. The van der Waals surface area contributed by atoms with Crippen molar-refractivity contribution in [2.75, 3.05) is 13.2 Å². The van der Waals surface area contributed by atoms with Gasteiger partial charge in [-0.15, -0.1) is 0 Å². The lowest BCUT2D eigenvalue weighted by atomic mass is 10.1. The molecule has 3 aromatic carbocycles. The van der Waals surface area contributed by atoms with Gasteiger partial charge < -0.3 is 14.2 Å². The summed E-state index contributed by atoms with van der Waals surface area (Å²) >= 11 is 0. The van der Waals surface area contributed by atoms with Crippen LogP contribution in [0.1, 0.15) is 65.2 Å². The molecule has 0 saturated carbocycles. The molecular weight excluding hydrogens is 384 g/mol. The summed E-state index contributed by atoms with van der Waals surface area (Å²) in [4.78, 5) is 0. The van der Waals surface area contributed by atoms with Gasteiger partial charge in [-0.3, -0.25) is 0 Å². The predicted molar refractivity (Wildman–Crippen MR) is 130 cm³/mol. The van der Waals surface area contributed by atoms with Crippen LogP contribution in [0.4, 0.5) is 0 Å². The fourth-order valence-electron chi connectivity index (χ4n) is 3.62. The van der Waals surface area contributed by atoms with E-state index in [4.69, 9.17) is 14.2 Å². The Morgan fingerprint density at radius 1 is 0.613 bits per heavy atom. The molecule has 0 aliphatic heterocycles. The molecule has 0 aromatic heterocycles. The zero-order valence-corrected chi connectivity index (χ0v) is 19.1. The van der Waals surface area contributed by atoms with Crippen molar-refractivity contribution in [1.29, 1.82) is 0 Å². The molecule has 31 heavy (non-hydrogen) atoms. The molecule has 166 valence electrons. The van der Waals surface area contributed by atoms with Gasteiger partial charge in [0.25, 0.3) is 0 Å². The number of rotatable bonds is 14. The fraction of sp³-hybridized carbons (Fsp3) is 0.429. The standard InChI is InChI=1S/C28H36O3/c1-3-5-7-12-20-29-25-17-18-26-23(22-25)16-19-27(31-24-14-10-9-11-15-24)28(26)30-21-13-8-6-4-2/h9-11,14-19,22H,3-8,12-13,20-21H2,1-2H3. The van der Waals surface area contributed by atoms with Gasteiger partial charge in [0.2, 0.25) is 0 Å². The summed E-state index contributed by atoms with van der Waals surface area (Å²) in [7, 11) is 0. The second kappa shape index (κ2) is 12.9. The van der Waals surface area contributed by atoms with Crippen LogP contribution in [0, 0.1) is 0 Å². The molecule has 0 spiro atoms. The van der Waals surface area contributed by atoms with Crippen molar-refractivity contribution < 1.29 is 14.2 Å². The van der Waals surface area contributed by atoms with Crippen LogP contribution < -0.4 is 14.2 Å². The molecule has 0 aliphatic carbocycles. The van der Waals surface area contributed by atoms with Crippen LogP contribution in [0.5, 0.6) is 23.0 Å². The smallest absolute Gasteiger partial charge is 0.169 e. The molecule has 3 heteroatoms. The van der Waals surface area contributed by atoms with Crippen LogP contribution in [0.25, 0.3) is 10.8 Å². The number of benzene rings is 3. The van der Waals surface area contributed by atoms with Crippen molar-refractivity contribution in [3.8, 4) is 23.0 Å². The molecule has 0 N–H and O–H groups in total. The van der Waals surface area contributed by atoms with Crippen molar-refractivity contribution in [3.63, 3.8) is 0 Å². The predicted octanol–water partition coefficient (Wildman–Crippen LogP) is 8.55. The van der Waals surface area contributed by atoms with E-state index in [0.717, 1.165) is 53.2 Å². The van der Waals surface area contributed by atoms with Crippen LogP contribution in [-0.4, -0.2) is 13.2 Å². The third-order valence-electron chi connectivity index (χ3n) is 5.39. The molecule has 0 amide bonds. The van der Waals surface area contributed by atoms with Crippen molar-refractivity contribution in [2.24, 2.45) is 0 Å². The minimum atomic E-state index is 0.694. The van der Waals surface area contributed by atoms with Gasteiger partial charge in [0, 0.05) is 5.39 Å². The maximum atomic E-state index is 6.27. The number of ether oxygens (including phenoxy) is 3. The first kappa shape index (κ1) is 23.0. The number of fused-ring (bicyclic) bond motifs is 1. The van der Waals surface area contributed by atoms with Crippen molar-refractivity contribution in [2.45, 2.75) is 65.2 Å². The normalized spacial score (nSPS) is 10.9. The Bertz CT molecular complexity index is 905. The second-order valence-corrected chi connectivity index (χ2v) is 8.01. The maximum Gasteiger partial charge on any atom is 0.169 e. The molecule has 0 radical (unpaired) electrons. The van der Waals surface area contributed by atoms with Gasteiger partial charge in [0.1, 0.15) is 11.5 Å². The number of para-hydroxylation sites is 1. The number of hydrogen-bond acceptors (Lipinski definition) is 3. The third kappa shape index (κ3) is 7.20. The topological polar surface area (TPSA) is 27.7 Å². The van der Waals surface area contributed by atoms with Crippen molar-refractivity contribution in [1.82, 2.24) is 0 Å². The molecule has 0 aliphatic rings. The van der Waals surface area contributed by atoms with Crippen LogP contribution in [0.2, 0.25) is 0 Å². The average molecular weight is 421 g/mol. The average Bonchev–Trinajstić information content (AvgIpc) is 2.80. The SMILES string of the molecule is CCCCCCOc1ccc2c(OCCCCCC)c(Oc3ccccc3)ccc2c1. The molecule has 3 aromatic rings. The molecule has 0 bridgehead atoms. The Morgan fingerprint density at radius 2 is 1.32 bits per heavy atom. The highest BCUT2D eigenvalue weighted by atomic mass is 16.5. The molecule has 0 saturated heterocycles. The minimum absolute atomic E-state index is 0.694. The molecule has 0 heterocycles. The Labute approximate surface area is 187 Å². The third-order valence-corrected chi connectivity index (χ3v) is 5.39. The van der Waals surface area contributed by atoms with Gasteiger partial charge in [-0.2, -0.15) is 0 Å². The molecular formula is C28H36O3. The lowest BCUT2D eigenvalue weighted by Crippen LogP contribution is -2.01. The first-order valence-electron chi connectivity index (χ1n) is 11.9. The molecule has 3 nitrogen and oxygen atoms in total. The quantitative estimate of drug-likeness (QED) is 0.244. The fourth-order valence-corrected chi connectivity index (χ4v) is 3.62. The van der Waals surface area contributed by atoms with Crippen LogP contribution in [-0.2, 0) is 0 Å². The summed E-state index contributed by atoms with van der Waals surface area (Å²) in [5.41, 5.74) is 0. The maximum absolute atomic E-state index is 6.27. The summed E-state index contributed by atoms with van der Waals surface area (Å²) in [6.07, 6.45) is 9.53. The van der Waals surface area contributed by atoms with Gasteiger partial charge >= 0.3 is 0 Å². The second-order valence-electron chi connectivity index (χ2n) is 8.01. The van der Waals surface area contributed by atoms with Crippen molar-refractivity contribution >= 4 is 10.8 Å². The Kier molecular flexibility index (Phi) is 9.56. The monoisotopic (exact) mass is 420 g/mol. The van der Waals surface area contributed by atoms with E-state index in [1.807, 2.05) is 42.5 Å². The van der Waals surface area contributed by atoms with E-state index in [0.29, 0.717) is 6.61 Å². The molecule has 3 rings (SSSR count). The lowest BCUT2D eigenvalue weighted by Gasteiger charge is -2.16. The van der Waals surface area contributed by atoms with E-state index < -0.39 is 0 Å². The Morgan fingerprint density at radius 3 is 2.03 bits per heavy atom. The first-order chi connectivity index (χ1) is 15.3. The van der Waals surface area contributed by atoms with Gasteiger partial charge in [-0.05, 0) is 54.6 Å². The van der Waals surface area contributed by atoms with E-state index in [2.05, 4.69) is 32.0 Å². The first-order valence-corrected chi connectivity index (χ1v) is 11.9. The summed E-state index contributed by atoms with van der Waals surface area (Å²) in [5.74, 6) is 3.29. The van der Waals surface area contributed by atoms with Gasteiger partial charge in [0.15, 0.2) is 11.5 Å². The molecule has 0 fully saturated rings. The Hall–Kier alpha value is -2.68.